The van der Waals surface area contributed by atoms with E-state index in [0.717, 1.165) is 37.7 Å². The van der Waals surface area contributed by atoms with E-state index in [-0.39, 0.29) is 5.91 Å². The summed E-state index contributed by atoms with van der Waals surface area (Å²) in [6.07, 6.45) is 1.52. The second-order valence-corrected chi connectivity index (χ2v) is 5.16. The van der Waals surface area contributed by atoms with Crippen molar-refractivity contribution in [2.45, 2.75) is 6.92 Å². The van der Waals surface area contributed by atoms with Gasteiger partial charge in [0.2, 0.25) is 5.91 Å². The first kappa shape index (κ1) is 13.7. The van der Waals surface area contributed by atoms with Gasteiger partial charge in [-0.3, -0.25) is 9.69 Å². The van der Waals surface area contributed by atoms with E-state index in [1.807, 2.05) is 13.0 Å². The smallest absolute Gasteiger partial charge is 0.254 e. The Hall–Kier alpha value is -2.22. The average Bonchev–Trinajstić information content (AvgIpc) is 2.95. The lowest BCUT2D eigenvalue weighted by Crippen LogP contribution is -2.49. The highest BCUT2D eigenvalue weighted by Gasteiger charge is 2.21. The number of carbonyl (C=O) groups excluding carboxylic acids is 1. The summed E-state index contributed by atoms with van der Waals surface area (Å²) in [7, 11) is 1.67. The van der Waals surface area contributed by atoms with E-state index in [2.05, 4.69) is 30.2 Å². The molecule has 21 heavy (non-hydrogen) atoms. The molecular weight excluding hydrogens is 270 g/mol. The molecule has 1 amide bonds. The minimum absolute atomic E-state index is 0.0573. The number of likely N-dealkylation sites (N-methyl/N-ethyl adjacent to an activating group) is 1. The Morgan fingerprint density at radius 2 is 2.10 bits per heavy atom. The topological polar surface area (TPSA) is 78.7 Å². The summed E-state index contributed by atoms with van der Waals surface area (Å²) in [4.78, 5) is 24.3. The number of piperazine rings is 1. The Bertz CT molecular complexity index is 645. The van der Waals surface area contributed by atoms with Crippen molar-refractivity contribution in [3.8, 4) is 0 Å². The van der Waals surface area contributed by atoms with Gasteiger partial charge in [0.05, 0.1) is 6.54 Å². The SMILES string of the molecule is CNC(=O)CN1CCN(c2cc(C)nc3ncnn23)CC1. The summed E-state index contributed by atoms with van der Waals surface area (Å²) in [5.41, 5.74) is 0.929. The summed E-state index contributed by atoms with van der Waals surface area (Å²) in [5, 5.41) is 6.90. The van der Waals surface area contributed by atoms with E-state index in [1.54, 1.807) is 11.6 Å². The predicted octanol–water partition coefficient (Wildman–Crippen LogP) is -0.699. The van der Waals surface area contributed by atoms with Crippen LogP contribution in [-0.4, -0.2) is 70.2 Å². The van der Waals surface area contributed by atoms with Crippen LogP contribution in [0.25, 0.3) is 5.78 Å². The first-order valence-electron chi connectivity index (χ1n) is 7.02. The predicted molar refractivity (Wildman–Crippen MR) is 78.2 cm³/mol. The second kappa shape index (κ2) is 5.65. The zero-order valence-electron chi connectivity index (χ0n) is 12.3. The molecule has 0 aromatic carbocycles. The molecule has 0 saturated carbocycles. The standard InChI is InChI=1S/C13H19N7O/c1-10-7-12(20-13(17-10)15-9-16-20)19-5-3-18(4-6-19)8-11(21)14-2/h7,9H,3-6,8H2,1-2H3,(H,14,21). The monoisotopic (exact) mass is 289 g/mol. The summed E-state index contributed by atoms with van der Waals surface area (Å²) < 4.78 is 1.77. The molecule has 112 valence electrons. The maximum Gasteiger partial charge on any atom is 0.254 e. The highest BCUT2D eigenvalue weighted by Crippen LogP contribution is 2.17. The van der Waals surface area contributed by atoms with E-state index >= 15 is 0 Å². The largest absolute Gasteiger partial charge is 0.358 e. The molecule has 1 fully saturated rings. The Balaban J connectivity index is 1.74. The molecular formula is C13H19N7O. The van der Waals surface area contributed by atoms with Crippen molar-refractivity contribution in [2.75, 3.05) is 44.7 Å². The number of anilines is 1. The van der Waals surface area contributed by atoms with Crippen LogP contribution in [0.2, 0.25) is 0 Å². The van der Waals surface area contributed by atoms with Gasteiger partial charge < -0.3 is 10.2 Å². The van der Waals surface area contributed by atoms with Gasteiger partial charge >= 0.3 is 0 Å². The fraction of sp³-hybridized carbons (Fsp3) is 0.538. The molecule has 1 saturated heterocycles. The maximum atomic E-state index is 11.4. The van der Waals surface area contributed by atoms with Gasteiger partial charge in [-0.15, -0.1) is 0 Å². The molecule has 3 rings (SSSR count). The number of nitrogens with one attached hydrogen (secondary N) is 1. The van der Waals surface area contributed by atoms with E-state index in [4.69, 9.17) is 0 Å². The van der Waals surface area contributed by atoms with Crippen molar-refractivity contribution in [1.82, 2.24) is 29.8 Å². The number of aromatic nitrogens is 4. The molecule has 0 bridgehead atoms. The molecule has 3 heterocycles. The molecule has 8 heteroatoms. The van der Waals surface area contributed by atoms with Crippen LogP contribution < -0.4 is 10.2 Å². The highest BCUT2D eigenvalue weighted by atomic mass is 16.1. The third kappa shape index (κ3) is 2.80. The van der Waals surface area contributed by atoms with Crippen LogP contribution in [0.5, 0.6) is 0 Å². The normalized spacial score (nSPS) is 16.4. The number of amides is 1. The number of hydrogen-bond acceptors (Lipinski definition) is 6. The number of aryl methyl sites for hydroxylation is 1. The van der Waals surface area contributed by atoms with Crippen molar-refractivity contribution in [1.29, 1.82) is 0 Å². The Kier molecular flexibility index (Phi) is 3.70. The zero-order valence-corrected chi connectivity index (χ0v) is 12.3. The van der Waals surface area contributed by atoms with Gasteiger partial charge in [0.15, 0.2) is 0 Å². The van der Waals surface area contributed by atoms with Gasteiger partial charge in [-0.05, 0) is 6.92 Å². The second-order valence-electron chi connectivity index (χ2n) is 5.16. The molecule has 1 aliphatic rings. The third-order valence-corrected chi connectivity index (χ3v) is 3.70. The van der Waals surface area contributed by atoms with Crippen LogP contribution in [0, 0.1) is 6.92 Å². The van der Waals surface area contributed by atoms with Crippen molar-refractivity contribution < 1.29 is 4.79 Å². The fourth-order valence-corrected chi connectivity index (χ4v) is 2.55. The van der Waals surface area contributed by atoms with Gasteiger partial charge in [-0.2, -0.15) is 14.6 Å². The number of hydrogen-bond donors (Lipinski definition) is 1. The van der Waals surface area contributed by atoms with E-state index in [9.17, 15) is 4.79 Å². The molecule has 1 aliphatic heterocycles. The van der Waals surface area contributed by atoms with Crippen molar-refractivity contribution in [2.24, 2.45) is 0 Å². The first-order chi connectivity index (χ1) is 10.2. The summed E-state index contributed by atoms with van der Waals surface area (Å²) >= 11 is 0. The van der Waals surface area contributed by atoms with E-state index in [1.165, 1.54) is 6.33 Å². The minimum Gasteiger partial charge on any atom is -0.358 e. The third-order valence-electron chi connectivity index (χ3n) is 3.70. The highest BCUT2D eigenvalue weighted by molar-refractivity contribution is 5.77. The zero-order chi connectivity index (χ0) is 14.8. The number of fused-ring (bicyclic) bond motifs is 1. The number of nitrogens with zero attached hydrogens (tertiary/aromatic N) is 6. The molecule has 0 aliphatic carbocycles. The van der Waals surface area contributed by atoms with Crippen molar-refractivity contribution in [3.63, 3.8) is 0 Å². The van der Waals surface area contributed by atoms with Gasteiger partial charge in [0.1, 0.15) is 12.1 Å². The maximum absolute atomic E-state index is 11.4. The van der Waals surface area contributed by atoms with Gasteiger partial charge in [-0.25, -0.2) is 4.98 Å². The summed E-state index contributed by atoms with van der Waals surface area (Å²) in [6, 6.07) is 2.02. The molecule has 8 nitrogen and oxygen atoms in total. The Labute approximate surface area is 122 Å². The van der Waals surface area contributed by atoms with Crippen LogP contribution in [0.15, 0.2) is 12.4 Å². The fourth-order valence-electron chi connectivity index (χ4n) is 2.55. The lowest BCUT2D eigenvalue weighted by atomic mass is 10.3. The number of carbonyl (C=O) groups is 1. The molecule has 0 unspecified atom stereocenters. The molecule has 0 spiro atoms. The Morgan fingerprint density at radius 1 is 1.33 bits per heavy atom. The molecule has 0 atom stereocenters. The lowest BCUT2D eigenvalue weighted by Gasteiger charge is -2.35. The molecule has 2 aromatic heterocycles. The van der Waals surface area contributed by atoms with Crippen molar-refractivity contribution in [3.05, 3.63) is 18.1 Å². The quantitative estimate of drug-likeness (QED) is 0.805. The molecule has 1 N–H and O–H groups in total. The minimum atomic E-state index is 0.0573. The molecule has 0 radical (unpaired) electrons. The van der Waals surface area contributed by atoms with Gasteiger partial charge in [0, 0.05) is 45.0 Å². The van der Waals surface area contributed by atoms with Crippen LogP contribution in [0.1, 0.15) is 5.69 Å². The summed E-state index contributed by atoms with van der Waals surface area (Å²) in [6.45, 7) is 5.83. The van der Waals surface area contributed by atoms with Crippen LogP contribution in [-0.2, 0) is 4.79 Å². The lowest BCUT2D eigenvalue weighted by molar-refractivity contribution is -0.121. The first-order valence-corrected chi connectivity index (χ1v) is 7.02. The van der Waals surface area contributed by atoms with Crippen LogP contribution in [0.4, 0.5) is 5.82 Å². The van der Waals surface area contributed by atoms with Crippen molar-refractivity contribution >= 4 is 17.5 Å². The Morgan fingerprint density at radius 3 is 2.81 bits per heavy atom. The van der Waals surface area contributed by atoms with E-state index in [0.29, 0.717) is 12.3 Å². The summed E-state index contributed by atoms with van der Waals surface area (Å²) in [5.74, 6) is 1.69. The number of rotatable bonds is 3. The van der Waals surface area contributed by atoms with Gasteiger partial charge in [0.25, 0.3) is 5.78 Å². The van der Waals surface area contributed by atoms with E-state index < -0.39 is 0 Å². The molecule has 2 aromatic rings. The van der Waals surface area contributed by atoms with Crippen LogP contribution in [0.3, 0.4) is 0 Å². The van der Waals surface area contributed by atoms with Gasteiger partial charge in [-0.1, -0.05) is 0 Å². The average molecular weight is 289 g/mol. The van der Waals surface area contributed by atoms with Crippen LogP contribution >= 0.6 is 0 Å².